The molecule has 4 rings (SSSR count). The predicted octanol–water partition coefficient (Wildman–Crippen LogP) is 2.57. The van der Waals surface area contributed by atoms with E-state index in [1.54, 1.807) is 6.07 Å². The van der Waals surface area contributed by atoms with E-state index in [4.69, 9.17) is 4.74 Å². The van der Waals surface area contributed by atoms with Crippen LogP contribution in [0.3, 0.4) is 0 Å². The molecule has 1 aliphatic heterocycles. The number of aromatic nitrogens is 3. The maximum absolute atomic E-state index is 14.2. The number of ether oxygens (including phenoxy) is 1. The van der Waals surface area contributed by atoms with Crippen LogP contribution in [0, 0.1) is 5.82 Å². The van der Waals surface area contributed by atoms with Gasteiger partial charge in [0.15, 0.2) is 17.5 Å². The second-order valence-electron chi connectivity index (χ2n) is 7.49. The first-order valence-corrected chi connectivity index (χ1v) is 9.72. The number of amides is 2. The van der Waals surface area contributed by atoms with E-state index in [1.165, 1.54) is 12.1 Å². The van der Waals surface area contributed by atoms with Crippen molar-refractivity contribution in [2.24, 2.45) is 0 Å². The van der Waals surface area contributed by atoms with Crippen LogP contribution in [-0.2, 0) is 4.74 Å². The molecule has 1 fully saturated rings. The zero-order valence-electron chi connectivity index (χ0n) is 16.0. The van der Waals surface area contributed by atoms with Gasteiger partial charge < -0.3 is 20.7 Å². The van der Waals surface area contributed by atoms with Gasteiger partial charge in [0.05, 0.1) is 0 Å². The van der Waals surface area contributed by atoms with Crippen molar-refractivity contribution in [3.63, 3.8) is 0 Å². The van der Waals surface area contributed by atoms with Gasteiger partial charge in [-0.1, -0.05) is 0 Å². The number of H-pyrrole nitrogens is 1. The summed E-state index contributed by atoms with van der Waals surface area (Å²) in [5, 5.41) is 15.5. The van der Waals surface area contributed by atoms with E-state index in [1.807, 2.05) is 6.92 Å². The zero-order valence-corrected chi connectivity index (χ0v) is 16.0. The van der Waals surface area contributed by atoms with Crippen LogP contribution in [0.25, 0.3) is 0 Å². The van der Waals surface area contributed by atoms with Crippen LogP contribution in [0.4, 0.5) is 20.8 Å². The van der Waals surface area contributed by atoms with Crippen LogP contribution in [0.5, 0.6) is 0 Å². The van der Waals surface area contributed by atoms with Crippen LogP contribution in [0.1, 0.15) is 54.7 Å². The van der Waals surface area contributed by atoms with E-state index in [0.29, 0.717) is 25.2 Å². The number of aromatic amines is 1. The molecule has 9 nitrogen and oxygen atoms in total. The Morgan fingerprint density at radius 1 is 1.21 bits per heavy atom. The molecule has 3 atom stereocenters. The number of carbonyl (C=O) groups is 2. The first-order valence-electron chi connectivity index (χ1n) is 9.72. The van der Waals surface area contributed by atoms with E-state index >= 15 is 0 Å². The fourth-order valence-electron chi connectivity index (χ4n) is 3.67. The van der Waals surface area contributed by atoms with Gasteiger partial charge in [0.1, 0.15) is 11.8 Å². The lowest BCUT2D eigenvalue weighted by molar-refractivity contribution is 0.0944. The molecule has 10 heteroatoms. The number of halogens is 1. The number of carbonyl (C=O) groups excluding carboxylic acids is 2. The quantitative estimate of drug-likeness (QED) is 0.537. The summed E-state index contributed by atoms with van der Waals surface area (Å²) in [6.07, 6.45) is 2.22. The standard InChI is InChI=1S/C19H23FN6O3/c1-10-6-7-21-18(27)14-5-4-13(20)17(23-14)24-16-9-15(25-26-16)11-2-3-12(8-11)29-19(28)22-10/h4-5,9-12H,2-3,6-8H2,1H3,(H,21,27)(H,22,28)(H2,23,24,25,26)/t10-,11+,12-/m1/s1. The third-order valence-corrected chi connectivity index (χ3v) is 5.25. The molecule has 1 saturated carbocycles. The number of alkyl carbamates (subject to hydrolysis) is 1. The number of fused-ring (bicyclic) bond motifs is 7. The smallest absolute Gasteiger partial charge is 0.407 e. The van der Waals surface area contributed by atoms with Gasteiger partial charge in [0.25, 0.3) is 5.91 Å². The molecular formula is C19H23FN6O3. The Labute approximate surface area is 166 Å². The Morgan fingerprint density at radius 2 is 2.07 bits per heavy atom. The van der Waals surface area contributed by atoms with Crippen LogP contribution in [-0.4, -0.2) is 45.9 Å². The minimum atomic E-state index is -0.578. The van der Waals surface area contributed by atoms with E-state index in [-0.39, 0.29) is 29.6 Å². The molecule has 0 aromatic carbocycles. The number of rotatable bonds is 0. The van der Waals surface area contributed by atoms with E-state index in [9.17, 15) is 14.0 Å². The summed E-state index contributed by atoms with van der Waals surface area (Å²) >= 11 is 0. The third-order valence-electron chi connectivity index (χ3n) is 5.25. The molecule has 0 unspecified atom stereocenters. The lowest BCUT2D eigenvalue weighted by Gasteiger charge is -2.17. The van der Waals surface area contributed by atoms with Crippen LogP contribution < -0.4 is 16.0 Å². The normalized spacial score (nSPS) is 25.1. The lowest BCUT2D eigenvalue weighted by Crippen LogP contribution is -2.37. The van der Waals surface area contributed by atoms with Gasteiger partial charge in [-0.05, 0) is 44.7 Å². The highest BCUT2D eigenvalue weighted by Crippen LogP contribution is 2.36. The van der Waals surface area contributed by atoms with Crippen molar-refractivity contribution >= 4 is 23.6 Å². The third kappa shape index (κ3) is 4.47. The largest absolute Gasteiger partial charge is 0.446 e. The average Bonchev–Trinajstić information content (AvgIpc) is 3.32. The summed E-state index contributed by atoms with van der Waals surface area (Å²) in [7, 11) is 0. The van der Waals surface area contributed by atoms with Crippen molar-refractivity contribution in [1.82, 2.24) is 25.8 Å². The van der Waals surface area contributed by atoms with Crippen LogP contribution >= 0.6 is 0 Å². The van der Waals surface area contributed by atoms with Crippen molar-refractivity contribution in [3.05, 3.63) is 35.4 Å². The Bertz CT molecular complexity index is 917. The predicted molar refractivity (Wildman–Crippen MR) is 102 cm³/mol. The number of nitrogens with zero attached hydrogens (tertiary/aromatic N) is 2. The molecule has 1 aliphatic carbocycles. The monoisotopic (exact) mass is 402 g/mol. The molecule has 0 radical (unpaired) electrons. The summed E-state index contributed by atoms with van der Waals surface area (Å²) in [5.74, 6) is -0.496. The SMILES string of the molecule is C[C@@H]1CCNC(=O)c2ccc(F)c(n2)Nc2cc([nH]n2)[C@H]2CC[C@H](C2)OC(=O)N1. The van der Waals surface area contributed by atoms with Gasteiger partial charge in [-0.25, -0.2) is 14.2 Å². The Kier molecular flexibility index (Phi) is 5.32. The average molecular weight is 402 g/mol. The number of nitrogens with one attached hydrogen (secondary N) is 4. The molecule has 2 aromatic heterocycles. The van der Waals surface area contributed by atoms with Crippen molar-refractivity contribution in [2.45, 2.75) is 50.7 Å². The van der Waals surface area contributed by atoms with Crippen molar-refractivity contribution in [2.75, 3.05) is 11.9 Å². The van der Waals surface area contributed by atoms with Gasteiger partial charge >= 0.3 is 6.09 Å². The second-order valence-corrected chi connectivity index (χ2v) is 7.49. The molecule has 154 valence electrons. The molecule has 2 amide bonds. The first-order chi connectivity index (χ1) is 14.0. The summed E-state index contributed by atoms with van der Waals surface area (Å²) in [6.45, 7) is 2.17. The fraction of sp³-hybridized carbons (Fsp3) is 0.474. The minimum Gasteiger partial charge on any atom is -0.446 e. The number of anilines is 2. The second kappa shape index (κ2) is 8.06. The highest BCUT2D eigenvalue weighted by Gasteiger charge is 2.30. The lowest BCUT2D eigenvalue weighted by atomic mass is 10.0. The maximum atomic E-state index is 14.2. The Balaban J connectivity index is 1.59. The van der Waals surface area contributed by atoms with Gasteiger partial charge in [-0.2, -0.15) is 5.10 Å². The maximum Gasteiger partial charge on any atom is 0.407 e. The van der Waals surface area contributed by atoms with E-state index in [0.717, 1.165) is 18.5 Å². The Morgan fingerprint density at radius 3 is 2.93 bits per heavy atom. The molecule has 6 bridgehead atoms. The van der Waals surface area contributed by atoms with Gasteiger partial charge in [-0.3, -0.25) is 9.89 Å². The first kappa shape index (κ1) is 19.2. The topological polar surface area (TPSA) is 121 Å². The molecular weight excluding hydrogens is 379 g/mol. The fourth-order valence-corrected chi connectivity index (χ4v) is 3.67. The molecule has 2 aromatic rings. The van der Waals surface area contributed by atoms with Gasteiger partial charge in [0.2, 0.25) is 0 Å². The van der Waals surface area contributed by atoms with E-state index in [2.05, 4.69) is 31.1 Å². The summed E-state index contributed by atoms with van der Waals surface area (Å²) in [4.78, 5) is 28.5. The van der Waals surface area contributed by atoms with Gasteiger partial charge in [0, 0.05) is 30.3 Å². The molecule has 3 heterocycles. The molecule has 0 saturated heterocycles. The van der Waals surface area contributed by atoms with Gasteiger partial charge in [-0.15, -0.1) is 0 Å². The zero-order chi connectivity index (χ0) is 20.4. The minimum absolute atomic E-state index is 0.0647. The molecule has 4 N–H and O–H groups in total. The number of hydrogen-bond acceptors (Lipinski definition) is 6. The van der Waals surface area contributed by atoms with Crippen molar-refractivity contribution in [1.29, 1.82) is 0 Å². The van der Waals surface area contributed by atoms with Crippen LogP contribution in [0.2, 0.25) is 0 Å². The van der Waals surface area contributed by atoms with Crippen molar-refractivity contribution < 1.29 is 18.7 Å². The highest BCUT2D eigenvalue weighted by molar-refractivity contribution is 5.92. The molecule has 2 aliphatic rings. The summed E-state index contributed by atoms with van der Waals surface area (Å²) in [6, 6.07) is 4.12. The van der Waals surface area contributed by atoms with E-state index < -0.39 is 17.8 Å². The summed E-state index contributed by atoms with van der Waals surface area (Å²) in [5.41, 5.74) is 0.965. The summed E-state index contributed by atoms with van der Waals surface area (Å²) < 4.78 is 19.7. The number of hydrogen-bond donors (Lipinski definition) is 4. The number of pyridine rings is 1. The van der Waals surface area contributed by atoms with Crippen molar-refractivity contribution in [3.8, 4) is 0 Å². The Hall–Kier alpha value is -3.17. The molecule has 0 spiro atoms. The molecule has 29 heavy (non-hydrogen) atoms. The highest BCUT2D eigenvalue weighted by atomic mass is 19.1. The van der Waals surface area contributed by atoms with Crippen LogP contribution in [0.15, 0.2) is 18.2 Å².